The van der Waals surface area contributed by atoms with Crippen LogP contribution >= 0.6 is 22.7 Å². The van der Waals surface area contributed by atoms with Gasteiger partial charge in [0.2, 0.25) is 0 Å². The van der Waals surface area contributed by atoms with Gasteiger partial charge in [0.05, 0.1) is 37.5 Å². The Morgan fingerprint density at radius 1 is 1.23 bits per heavy atom. The van der Waals surface area contributed by atoms with E-state index in [2.05, 4.69) is 9.98 Å². The molecule has 4 aromatic rings. The number of thiazole rings is 2. The highest BCUT2D eigenvalue weighted by Crippen LogP contribution is 2.24. The van der Waals surface area contributed by atoms with Gasteiger partial charge in [-0.05, 0) is 31.2 Å². The molecule has 0 aliphatic carbocycles. The van der Waals surface area contributed by atoms with Crippen LogP contribution in [0, 0.1) is 10.1 Å². The van der Waals surface area contributed by atoms with Gasteiger partial charge in [-0.15, -0.1) is 11.3 Å². The summed E-state index contributed by atoms with van der Waals surface area (Å²) in [5.74, 6) is -0.973. The van der Waals surface area contributed by atoms with Crippen LogP contribution in [0.15, 0.2) is 46.9 Å². The SMILES string of the molecule is CCOC(=O)Cn1c(=NC(=O)c2ccc3ncsc3c2)sc2cc([N+](=O)[O-])ccc21. The largest absolute Gasteiger partial charge is 0.465 e. The third kappa shape index (κ3) is 3.84. The number of carbonyl (C=O) groups excluding carboxylic acids is 2. The van der Waals surface area contributed by atoms with E-state index in [1.54, 1.807) is 30.6 Å². The molecular weight excluding hydrogens is 428 g/mol. The number of amides is 1. The second kappa shape index (κ2) is 8.13. The number of fused-ring (bicyclic) bond motifs is 2. The molecule has 0 aliphatic heterocycles. The van der Waals surface area contributed by atoms with Crippen LogP contribution in [0.1, 0.15) is 17.3 Å². The van der Waals surface area contributed by atoms with Gasteiger partial charge in [-0.2, -0.15) is 4.99 Å². The van der Waals surface area contributed by atoms with Crippen molar-refractivity contribution in [2.75, 3.05) is 6.61 Å². The first-order valence-corrected chi connectivity index (χ1v) is 10.5. The first kappa shape index (κ1) is 19.9. The van der Waals surface area contributed by atoms with Crippen LogP contribution in [0.4, 0.5) is 5.69 Å². The fourth-order valence-corrected chi connectivity index (χ4v) is 4.67. The predicted molar refractivity (Wildman–Crippen MR) is 113 cm³/mol. The van der Waals surface area contributed by atoms with E-state index >= 15 is 0 Å². The molecule has 0 unspecified atom stereocenters. The minimum Gasteiger partial charge on any atom is -0.465 e. The molecule has 0 bridgehead atoms. The molecule has 0 atom stereocenters. The second-order valence-electron chi connectivity index (χ2n) is 6.14. The molecule has 2 aromatic carbocycles. The lowest BCUT2D eigenvalue weighted by Gasteiger charge is -2.05. The average Bonchev–Trinajstić information content (AvgIpc) is 3.31. The summed E-state index contributed by atoms with van der Waals surface area (Å²) in [6, 6.07) is 9.38. The Labute approximate surface area is 177 Å². The minimum atomic E-state index is -0.499. The molecule has 9 nitrogen and oxygen atoms in total. The Morgan fingerprint density at radius 2 is 2.07 bits per heavy atom. The maximum atomic E-state index is 12.8. The standard InChI is InChI=1S/C19H14N4O5S2/c1-2-28-17(24)9-22-14-6-4-12(23(26)27)8-16(14)30-19(22)21-18(25)11-3-5-13-15(7-11)29-10-20-13/h3-8,10H,2,9H2,1H3. The number of ether oxygens (including phenoxy) is 1. The summed E-state index contributed by atoms with van der Waals surface area (Å²) in [7, 11) is 0. The smallest absolute Gasteiger partial charge is 0.326 e. The van der Waals surface area contributed by atoms with Gasteiger partial charge in [0.15, 0.2) is 4.80 Å². The van der Waals surface area contributed by atoms with Crippen molar-refractivity contribution in [1.29, 1.82) is 0 Å². The van der Waals surface area contributed by atoms with Crippen LogP contribution in [-0.2, 0) is 16.1 Å². The van der Waals surface area contributed by atoms with E-state index in [1.165, 1.54) is 34.1 Å². The van der Waals surface area contributed by atoms with Crippen molar-refractivity contribution in [1.82, 2.24) is 9.55 Å². The van der Waals surface area contributed by atoms with Crippen molar-refractivity contribution in [2.45, 2.75) is 13.5 Å². The van der Waals surface area contributed by atoms with Crippen LogP contribution in [0.25, 0.3) is 20.4 Å². The quantitative estimate of drug-likeness (QED) is 0.265. The Bertz CT molecular complexity index is 1370. The number of rotatable bonds is 5. The van der Waals surface area contributed by atoms with Gasteiger partial charge in [0.25, 0.3) is 11.6 Å². The van der Waals surface area contributed by atoms with Gasteiger partial charge in [-0.25, -0.2) is 4.98 Å². The maximum absolute atomic E-state index is 12.8. The van der Waals surface area contributed by atoms with Crippen LogP contribution < -0.4 is 4.80 Å². The number of hydrogen-bond acceptors (Lipinski definition) is 8. The van der Waals surface area contributed by atoms with E-state index in [0.29, 0.717) is 15.8 Å². The van der Waals surface area contributed by atoms with Crippen molar-refractivity contribution < 1.29 is 19.2 Å². The second-order valence-corrected chi connectivity index (χ2v) is 8.03. The Kier molecular flexibility index (Phi) is 5.38. The number of benzene rings is 2. The molecule has 2 heterocycles. The average molecular weight is 442 g/mol. The molecule has 30 heavy (non-hydrogen) atoms. The number of nitrogens with zero attached hydrogens (tertiary/aromatic N) is 4. The van der Waals surface area contributed by atoms with Gasteiger partial charge in [-0.1, -0.05) is 11.3 Å². The molecule has 0 aliphatic rings. The van der Waals surface area contributed by atoms with Crippen molar-refractivity contribution in [2.24, 2.45) is 4.99 Å². The van der Waals surface area contributed by atoms with E-state index in [0.717, 1.165) is 21.6 Å². The van der Waals surface area contributed by atoms with Crippen molar-refractivity contribution >= 4 is 60.7 Å². The summed E-state index contributed by atoms with van der Waals surface area (Å²) in [4.78, 5) is 44.1. The highest BCUT2D eigenvalue weighted by Gasteiger charge is 2.16. The number of aromatic nitrogens is 2. The van der Waals surface area contributed by atoms with Crippen LogP contribution in [0.2, 0.25) is 0 Å². The summed E-state index contributed by atoms with van der Waals surface area (Å²) >= 11 is 2.52. The summed E-state index contributed by atoms with van der Waals surface area (Å²) < 4.78 is 7.95. The fourth-order valence-electron chi connectivity index (χ4n) is 2.89. The van der Waals surface area contributed by atoms with Gasteiger partial charge in [-0.3, -0.25) is 19.7 Å². The van der Waals surface area contributed by atoms with E-state index in [9.17, 15) is 19.7 Å². The molecule has 4 rings (SSSR count). The topological polar surface area (TPSA) is 117 Å². The highest BCUT2D eigenvalue weighted by molar-refractivity contribution is 7.17. The van der Waals surface area contributed by atoms with Gasteiger partial charge in [0, 0.05) is 17.7 Å². The number of nitro groups is 1. The molecule has 0 saturated carbocycles. The van der Waals surface area contributed by atoms with Gasteiger partial charge < -0.3 is 9.30 Å². The maximum Gasteiger partial charge on any atom is 0.326 e. The lowest BCUT2D eigenvalue weighted by atomic mass is 10.2. The molecule has 0 radical (unpaired) electrons. The third-order valence-corrected chi connectivity index (χ3v) is 6.08. The molecule has 152 valence electrons. The zero-order valence-corrected chi connectivity index (χ0v) is 17.2. The zero-order chi connectivity index (χ0) is 21.3. The minimum absolute atomic E-state index is 0.0828. The van der Waals surface area contributed by atoms with Gasteiger partial charge >= 0.3 is 5.97 Å². The molecule has 0 fully saturated rings. The fraction of sp³-hybridized carbons (Fsp3) is 0.158. The lowest BCUT2D eigenvalue weighted by molar-refractivity contribution is -0.384. The summed E-state index contributed by atoms with van der Waals surface area (Å²) in [6.45, 7) is 1.75. The Balaban J connectivity index is 1.82. The monoisotopic (exact) mass is 442 g/mol. The Morgan fingerprint density at radius 3 is 2.83 bits per heavy atom. The zero-order valence-electron chi connectivity index (χ0n) is 15.6. The van der Waals surface area contributed by atoms with Crippen LogP contribution in [-0.4, -0.2) is 33.0 Å². The summed E-state index contributed by atoms with van der Waals surface area (Å²) in [5, 5.41) is 11.1. The number of esters is 1. The van der Waals surface area contributed by atoms with Crippen molar-refractivity contribution in [3.8, 4) is 0 Å². The molecule has 1 amide bonds. The predicted octanol–water partition coefficient (Wildman–Crippen LogP) is 3.52. The molecular formula is C19H14N4O5S2. The molecule has 0 spiro atoms. The van der Waals surface area contributed by atoms with Gasteiger partial charge in [0.1, 0.15) is 6.54 Å². The number of hydrogen-bond donors (Lipinski definition) is 0. The molecule has 0 N–H and O–H groups in total. The third-order valence-electron chi connectivity index (χ3n) is 4.25. The number of carbonyl (C=O) groups is 2. The van der Waals surface area contributed by atoms with E-state index in [1.807, 2.05) is 0 Å². The number of nitro benzene ring substituents is 1. The molecule has 11 heteroatoms. The molecule has 2 aromatic heterocycles. The van der Waals surface area contributed by atoms with Crippen molar-refractivity contribution in [3.05, 3.63) is 62.4 Å². The summed E-state index contributed by atoms with van der Waals surface area (Å²) in [6.07, 6.45) is 0. The van der Waals surface area contributed by atoms with E-state index in [-0.39, 0.29) is 23.6 Å². The first-order valence-electron chi connectivity index (χ1n) is 8.82. The lowest BCUT2D eigenvalue weighted by Crippen LogP contribution is -2.23. The molecule has 0 saturated heterocycles. The van der Waals surface area contributed by atoms with Crippen LogP contribution in [0.3, 0.4) is 0 Å². The normalized spacial score (nSPS) is 11.8. The van der Waals surface area contributed by atoms with Crippen molar-refractivity contribution in [3.63, 3.8) is 0 Å². The first-order chi connectivity index (χ1) is 14.5. The van der Waals surface area contributed by atoms with E-state index in [4.69, 9.17) is 4.74 Å². The highest BCUT2D eigenvalue weighted by atomic mass is 32.1. The summed E-state index contributed by atoms with van der Waals surface area (Å²) in [5.41, 5.74) is 3.35. The van der Waals surface area contributed by atoms with E-state index < -0.39 is 16.8 Å². The Hall–Kier alpha value is -3.44. The number of non-ortho nitro benzene ring substituents is 1. The van der Waals surface area contributed by atoms with Crippen LogP contribution in [0.5, 0.6) is 0 Å².